The van der Waals surface area contributed by atoms with Crippen molar-refractivity contribution in [3.05, 3.63) is 58.9 Å². The summed E-state index contributed by atoms with van der Waals surface area (Å²) in [5, 5.41) is 3.04. The molecule has 2 amide bonds. The molecule has 4 fully saturated rings. The van der Waals surface area contributed by atoms with Crippen molar-refractivity contribution >= 4 is 29.0 Å². The largest absolute Gasteiger partial charge is 0.371 e. The van der Waals surface area contributed by atoms with Crippen LogP contribution in [0.25, 0.3) is 0 Å². The summed E-state index contributed by atoms with van der Waals surface area (Å²) in [4.78, 5) is 23.1. The molecule has 2 aliphatic carbocycles. The number of halogens is 2. The van der Waals surface area contributed by atoms with E-state index in [9.17, 15) is 9.18 Å². The molecule has 1 N–H and O–H groups in total. The third-order valence-corrected chi connectivity index (χ3v) is 9.72. The van der Waals surface area contributed by atoms with Crippen molar-refractivity contribution in [3.63, 3.8) is 0 Å². The Morgan fingerprint density at radius 1 is 1.13 bits per heavy atom. The third kappa shape index (κ3) is 5.13. The van der Waals surface area contributed by atoms with Crippen LogP contribution in [0.15, 0.2) is 42.5 Å². The molecule has 2 saturated carbocycles. The fourth-order valence-corrected chi connectivity index (χ4v) is 7.07. The van der Waals surface area contributed by atoms with Gasteiger partial charge < -0.3 is 24.9 Å². The monoisotopic (exact) mass is 539 g/mol. The number of amides is 2. The molecule has 0 aromatic heterocycles. The number of nitrogens with one attached hydrogen (secondary N) is 1. The molecule has 4 aliphatic rings. The van der Waals surface area contributed by atoms with Crippen molar-refractivity contribution in [2.75, 3.05) is 69.6 Å². The number of rotatable bonds is 8. The summed E-state index contributed by atoms with van der Waals surface area (Å²) in [6.07, 6.45) is 5.51. The number of piperazine rings is 1. The van der Waals surface area contributed by atoms with Gasteiger partial charge in [0.15, 0.2) is 0 Å². The number of hydrogen-bond acceptors (Lipinski definition) is 4. The maximum atomic E-state index is 13.7. The van der Waals surface area contributed by atoms with Gasteiger partial charge in [-0.05, 0) is 87.5 Å². The molecule has 2 aromatic rings. The average Bonchev–Trinajstić information content (AvgIpc) is 3.51. The van der Waals surface area contributed by atoms with Crippen LogP contribution in [0.2, 0.25) is 5.02 Å². The molecule has 0 spiro atoms. The number of hydrogen-bond donors (Lipinski definition) is 1. The average molecular weight is 540 g/mol. The molecule has 0 unspecified atom stereocenters. The number of likely N-dealkylation sites (N-methyl/N-ethyl adjacent to an activating group) is 1. The highest BCUT2D eigenvalue weighted by Gasteiger charge is 2.64. The Balaban J connectivity index is 1.16. The summed E-state index contributed by atoms with van der Waals surface area (Å²) in [6, 6.07) is 13.6. The van der Waals surface area contributed by atoms with Gasteiger partial charge in [0.1, 0.15) is 5.82 Å². The standard InChI is InChI=1S/C30H39ClFN5O/c1-34-15-17-35(18-16-34)11-3-14-37(29(38)33-23-7-8-27(32)26(31)20-23)28-9-10-30(21-25(28)30)22-5-2-6-24(19-22)36-12-4-13-36/h2,5-8,19-20,25,28H,3-4,9-18,21H2,1H3,(H,33,38)/t25-,28-,30-/m1/s1. The van der Waals surface area contributed by atoms with Crippen LogP contribution in [0.5, 0.6) is 0 Å². The second-order valence-electron chi connectivity index (χ2n) is 11.7. The summed E-state index contributed by atoms with van der Waals surface area (Å²) in [5.74, 6) is 0.00745. The van der Waals surface area contributed by atoms with Crippen LogP contribution in [0.1, 0.15) is 37.7 Å². The minimum absolute atomic E-state index is 0.0218. The summed E-state index contributed by atoms with van der Waals surface area (Å²) < 4.78 is 13.7. The summed E-state index contributed by atoms with van der Waals surface area (Å²) in [6.45, 7) is 8.38. The van der Waals surface area contributed by atoms with Gasteiger partial charge in [-0.25, -0.2) is 9.18 Å². The van der Waals surface area contributed by atoms with Gasteiger partial charge in [-0.15, -0.1) is 0 Å². The Morgan fingerprint density at radius 2 is 1.95 bits per heavy atom. The van der Waals surface area contributed by atoms with Crippen molar-refractivity contribution in [1.82, 2.24) is 14.7 Å². The predicted molar refractivity (Wildman–Crippen MR) is 152 cm³/mol. The van der Waals surface area contributed by atoms with E-state index in [1.807, 2.05) is 0 Å². The molecular weight excluding hydrogens is 501 g/mol. The lowest BCUT2D eigenvalue weighted by Crippen LogP contribution is -2.47. The molecule has 204 valence electrons. The highest BCUT2D eigenvalue weighted by atomic mass is 35.5. The van der Waals surface area contributed by atoms with Gasteiger partial charge >= 0.3 is 6.03 Å². The number of benzene rings is 2. The first-order valence-corrected chi connectivity index (χ1v) is 14.6. The van der Waals surface area contributed by atoms with E-state index in [-0.39, 0.29) is 22.5 Å². The van der Waals surface area contributed by atoms with Crippen LogP contribution in [0.3, 0.4) is 0 Å². The first-order valence-electron chi connectivity index (χ1n) is 14.2. The number of carbonyl (C=O) groups is 1. The van der Waals surface area contributed by atoms with Gasteiger partial charge in [-0.2, -0.15) is 0 Å². The van der Waals surface area contributed by atoms with E-state index in [2.05, 4.69) is 56.2 Å². The molecular formula is C30H39ClFN5O. The Hall–Kier alpha value is -2.35. The first-order chi connectivity index (χ1) is 18.4. The van der Waals surface area contributed by atoms with Crippen LogP contribution in [0.4, 0.5) is 20.6 Å². The lowest BCUT2D eigenvalue weighted by Gasteiger charge is -2.34. The normalized spacial score (nSPS) is 27.1. The lowest BCUT2D eigenvalue weighted by atomic mass is 9.92. The molecule has 6 rings (SSSR count). The molecule has 0 bridgehead atoms. The zero-order valence-electron chi connectivity index (χ0n) is 22.3. The number of urea groups is 1. The Kier molecular flexibility index (Phi) is 7.27. The maximum Gasteiger partial charge on any atom is 0.322 e. The highest BCUT2D eigenvalue weighted by Crippen LogP contribution is 2.65. The topological polar surface area (TPSA) is 42.1 Å². The van der Waals surface area contributed by atoms with Crippen molar-refractivity contribution in [3.8, 4) is 0 Å². The predicted octanol–water partition coefficient (Wildman–Crippen LogP) is 5.28. The van der Waals surface area contributed by atoms with E-state index in [1.54, 1.807) is 6.07 Å². The van der Waals surface area contributed by atoms with E-state index >= 15 is 0 Å². The molecule has 6 nitrogen and oxygen atoms in total. The third-order valence-electron chi connectivity index (χ3n) is 9.43. The molecule has 2 saturated heterocycles. The second kappa shape index (κ2) is 10.7. The zero-order chi connectivity index (χ0) is 26.3. The summed E-state index contributed by atoms with van der Waals surface area (Å²) in [5.41, 5.74) is 3.51. The van der Waals surface area contributed by atoms with E-state index < -0.39 is 5.82 Å². The lowest BCUT2D eigenvalue weighted by molar-refractivity contribution is 0.140. The molecule has 2 aromatic carbocycles. The molecule has 38 heavy (non-hydrogen) atoms. The summed E-state index contributed by atoms with van der Waals surface area (Å²) >= 11 is 6.00. The number of anilines is 2. The van der Waals surface area contributed by atoms with Crippen molar-refractivity contribution in [1.29, 1.82) is 0 Å². The SMILES string of the molecule is CN1CCN(CCCN(C(=O)Nc2ccc(F)c(Cl)c2)[C@@H]2CC[C@]3(c4cccc(N5CCC5)c4)C[C@H]23)CC1. The highest BCUT2D eigenvalue weighted by molar-refractivity contribution is 6.31. The minimum Gasteiger partial charge on any atom is -0.371 e. The van der Waals surface area contributed by atoms with Crippen molar-refractivity contribution in [2.45, 2.75) is 43.6 Å². The van der Waals surface area contributed by atoms with Gasteiger partial charge in [0.2, 0.25) is 0 Å². The Morgan fingerprint density at radius 3 is 2.66 bits per heavy atom. The van der Waals surface area contributed by atoms with Gasteiger partial charge in [0.05, 0.1) is 5.02 Å². The molecule has 2 aliphatic heterocycles. The van der Waals surface area contributed by atoms with Crippen LogP contribution in [0, 0.1) is 11.7 Å². The van der Waals surface area contributed by atoms with Crippen LogP contribution in [-0.2, 0) is 5.41 Å². The van der Waals surface area contributed by atoms with Crippen LogP contribution >= 0.6 is 11.6 Å². The van der Waals surface area contributed by atoms with Crippen LogP contribution in [-0.4, -0.2) is 86.2 Å². The van der Waals surface area contributed by atoms with E-state index in [1.165, 1.54) is 29.8 Å². The number of fused-ring (bicyclic) bond motifs is 1. The van der Waals surface area contributed by atoms with E-state index in [0.29, 0.717) is 11.6 Å². The first kappa shape index (κ1) is 25.9. The molecule has 2 heterocycles. The fraction of sp³-hybridized carbons (Fsp3) is 0.567. The zero-order valence-corrected chi connectivity index (χ0v) is 23.1. The molecule has 0 radical (unpaired) electrons. The Labute approximate surface area is 230 Å². The van der Waals surface area contributed by atoms with E-state index in [4.69, 9.17) is 11.6 Å². The minimum atomic E-state index is -0.479. The number of carbonyl (C=O) groups excluding carboxylic acids is 1. The second-order valence-corrected chi connectivity index (χ2v) is 12.1. The van der Waals surface area contributed by atoms with E-state index in [0.717, 1.165) is 78.0 Å². The van der Waals surface area contributed by atoms with Gasteiger partial charge in [0, 0.05) is 68.6 Å². The van der Waals surface area contributed by atoms with Crippen molar-refractivity contribution in [2.24, 2.45) is 5.92 Å². The van der Waals surface area contributed by atoms with Crippen molar-refractivity contribution < 1.29 is 9.18 Å². The fourth-order valence-electron chi connectivity index (χ4n) is 6.89. The Bertz CT molecular complexity index is 1170. The number of nitrogens with zero attached hydrogens (tertiary/aromatic N) is 4. The molecule has 3 atom stereocenters. The van der Waals surface area contributed by atoms with Gasteiger partial charge in [0.25, 0.3) is 0 Å². The van der Waals surface area contributed by atoms with Crippen LogP contribution < -0.4 is 10.2 Å². The van der Waals surface area contributed by atoms with Gasteiger partial charge in [-0.1, -0.05) is 23.7 Å². The summed E-state index contributed by atoms with van der Waals surface area (Å²) in [7, 11) is 2.17. The van der Waals surface area contributed by atoms with Gasteiger partial charge in [-0.3, -0.25) is 0 Å². The smallest absolute Gasteiger partial charge is 0.322 e. The molecule has 8 heteroatoms. The quantitative estimate of drug-likeness (QED) is 0.495. The maximum absolute atomic E-state index is 13.7.